The number of halogens is 3. The highest BCUT2D eigenvalue weighted by molar-refractivity contribution is 5.70. The van der Waals surface area contributed by atoms with Gasteiger partial charge in [0.1, 0.15) is 11.5 Å². The Hall–Kier alpha value is -2.74. The number of rotatable bonds is 6. The summed E-state index contributed by atoms with van der Waals surface area (Å²) in [6.45, 7) is 0.619. The van der Waals surface area contributed by atoms with E-state index >= 15 is 0 Å². The summed E-state index contributed by atoms with van der Waals surface area (Å²) in [7, 11) is 2.93. The van der Waals surface area contributed by atoms with Crippen molar-refractivity contribution in [3.05, 3.63) is 59.2 Å². The van der Waals surface area contributed by atoms with Crippen LogP contribution in [-0.4, -0.2) is 43.3 Å². The molecule has 3 rings (SSSR count). The van der Waals surface area contributed by atoms with Gasteiger partial charge in [-0.15, -0.1) is 0 Å². The van der Waals surface area contributed by atoms with Gasteiger partial charge in [-0.25, -0.2) is 0 Å². The Kier molecular flexibility index (Phi) is 6.55. The zero-order chi connectivity index (χ0) is 21.9. The lowest BCUT2D eigenvalue weighted by molar-refractivity contribution is -0.144. The Balaban J connectivity index is 2.20. The van der Waals surface area contributed by atoms with Crippen LogP contribution in [0, 0.1) is 5.92 Å². The number of nitrogens with zero attached hydrogens (tertiary/aromatic N) is 1. The Morgan fingerprint density at radius 2 is 1.87 bits per heavy atom. The number of likely N-dealkylation sites (tertiary alicyclic amines) is 1. The highest BCUT2D eigenvalue weighted by atomic mass is 19.4. The van der Waals surface area contributed by atoms with Crippen molar-refractivity contribution in [3.63, 3.8) is 0 Å². The van der Waals surface area contributed by atoms with E-state index < -0.39 is 29.7 Å². The lowest BCUT2D eigenvalue weighted by atomic mass is 9.88. The third kappa shape index (κ3) is 4.53. The van der Waals surface area contributed by atoms with Gasteiger partial charge in [0.25, 0.3) is 0 Å². The quantitative estimate of drug-likeness (QED) is 0.736. The summed E-state index contributed by atoms with van der Waals surface area (Å²) >= 11 is 0. The van der Waals surface area contributed by atoms with Crippen LogP contribution in [0.5, 0.6) is 11.5 Å². The fraction of sp³-hybridized carbons (Fsp3) is 0.409. The molecule has 162 valence electrons. The Labute approximate surface area is 173 Å². The van der Waals surface area contributed by atoms with Crippen molar-refractivity contribution in [1.82, 2.24) is 4.90 Å². The minimum Gasteiger partial charge on any atom is -0.497 e. The maximum absolute atomic E-state index is 13.9. The summed E-state index contributed by atoms with van der Waals surface area (Å²) in [4.78, 5) is 13.4. The lowest BCUT2D eigenvalue weighted by Crippen LogP contribution is -2.41. The third-order valence-corrected chi connectivity index (χ3v) is 5.46. The van der Waals surface area contributed by atoms with Gasteiger partial charge in [0.15, 0.2) is 0 Å². The third-order valence-electron chi connectivity index (χ3n) is 5.46. The van der Waals surface area contributed by atoms with Crippen LogP contribution in [0.1, 0.15) is 35.6 Å². The first-order valence-electron chi connectivity index (χ1n) is 9.61. The summed E-state index contributed by atoms with van der Waals surface area (Å²) in [5.74, 6) is -0.696. The molecule has 0 saturated carbocycles. The largest absolute Gasteiger partial charge is 0.497 e. The van der Waals surface area contributed by atoms with Gasteiger partial charge < -0.3 is 14.6 Å². The molecule has 0 amide bonds. The van der Waals surface area contributed by atoms with Gasteiger partial charge in [-0.1, -0.05) is 18.2 Å². The van der Waals surface area contributed by atoms with Crippen LogP contribution in [0.4, 0.5) is 13.2 Å². The molecule has 5 nitrogen and oxygen atoms in total. The van der Waals surface area contributed by atoms with Crippen molar-refractivity contribution in [1.29, 1.82) is 0 Å². The van der Waals surface area contributed by atoms with Gasteiger partial charge in [-0.05, 0) is 49.2 Å². The molecule has 0 aliphatic carbocycles. The van der Waals surface area contributed by atoms with Crippen LogP contribution in [-0.2, 0) is 11.0 Å². The molecule has 1 heterocycles. The van der Waals surface area contributed by atoms with Crippen molar-refractivity contribution in [3.8, 4) is 11.5 Å². The predicted molar refractivity (Wildman–Crippen MR) is 105 cm³/mol. The second-order valence-corrected chi connectivity index (χ2v) is 7.27. The van der Waals surface area contributed by atoms with Crippen LogP contribution in [0.2, 0.25) is 0 Å². The predicted octanol–water partition coefficient (Wildman–Crippen LogP) is 4.61. The second-order valence-electron chi connectivity index (χ2n) is 7.27. The summed E-state index contributed by atoms with van der Waals surface area (Å²) in [6.07, 6.45) is -3.48. The van der Waals surface area contributed by atoms with Gasteiger partial charge in [0.2, 0.25) is 0 Å². The number of piperidine rings is 1. The molecule has 8 heteroatoms. The van der Waals surface area contributed by atoms with Crippen LogP contribution >= 0.6 is 0 Å². The monoisotopic (exact) mass is 423 g/mol. The first-order valence-corrected chi connectivity index (χ1v) is 9.61. The summed E-state index contributed by atoms with van der Waals surface area (Å²) in [5.41, 5.74) is -0.195. The van der Waals surface area contributed by atoms with Gasteiger partial charge in [0, 0.05) is 12.1 Å². The van der Waals surface area contributed by atoms with E-state index in [0.717, 1.165) is 6.07 Å². The fourth-order valence-corrected chi connectivity index (χ4v) is 4.05. The van der Waals surface area contributed by atoms with Gasteiger partial charge >= 0.3 is 12.1 Å². The summed E-state index contributed by atoms with van der Waals surface area (Å²) in [6, 6.07) is 9.54. The van der Waals surface area contributed by atoms with Gasteiger partial charge in [0.05, 0.1) is 31.7 Å². The number of hydrogen-bond acceptors (Lipinski definition) is 4. The number of benzene rings is 2. The van der Waals surface area contributed by atoms with E-state index in [-0.39, 0.29) is 12.1 Å². The van der Waals surface area contributed by atoms with E-state index in [1.165, 1.54) is 26.4 Å². The number of methoxy groups -OCH3 is 2. The molecule has 0 bridgehead atoms. The Bertz CT molecular complexity index is 900. The van der Waals surface area contributed by atoms with Crippen molar-refractivity contribution >= 4 is 5.97 Å². The van der Waals surface area contributed by atoms with Crippen molar-refractivity contribution < 1.29 is 32.5 Å². The number of carboxylic acids is 1. The van der Waals surface area contributed by atoms with Gasteiger partial charge in [-0.2, -0.15) is 13.2 Å². The molecular weight excluding hydrogens is 399 g/mol. The van der Waals surface area contributed by atoms with Crippen molar-refractivity contribution in [2.45, 2.75) is 25.1 Å². The molecule has 0 spiro atoms. The van der Waals surface area contributed by atoms with E-state index in [1.54, 1.807) is 29.2 Å². The first kappa shape index (κ1) is 22.0. The van der Waals surface area contributed by atoms with E-state index in [2.05, 4.69) is 0 Å². The maximum Gasteiger partial charge on any atom is 0.416 e. The topological polar surface area (TPSA) is 59.0 Å². The molecule has 1 aliphatic rings. The highest BCUT2D eigenvalue weighted by Crippen LogP contribution is 2.43. The molecule has 2 aromatic carbocycles. The molecule has 1 fully saturated rings. The minimum atomic E-state index is -4.55. The number of alkyl halides is 3. The fourth-order valence-electron chi connectivity index (χ4n) is 4.05. The lowest BCUT2D eigenvalue weighted by Gasteiger charge is -2.39. The summed E-state index contributed by atoms with van der Waals surface area (Å²) < 4.78 is 52.3. The van der Waals surface area contributed by atoms with E-state index in [9.17, 15) is 23.1 Å². The molecule has 0 radical (unpaired) electrons. The summed E-state index contributed by atoms with van der Waals surface area (Å²) in [5, 5.41) is 9.49. The zero-order valence-corrected chi connectivity index (χ0v) is 16.8. The van der Waals surface area contributed by atoms with Crippen LogP contribution in [0.25, 0.3) is 0 Å². The molecule has 1 aliphatic heterocycles. The number of aliphatic carboxylic acids is 1. The van der Waals surface area contributed by atoms with E-state index in [1.807, 2.05) is 0 Å². The molecule has 30 heavy (non-hydrogen) atoms. The Morgan fingerprint density at radius 3 is 2.50 bits per heavy atom. The van der Waals surface area contributed by atoms with E-state index in [0.29, 0.717) is 36.4 Å². The first-order chi connectivity index (χ1) is 14.3. The van der Waals surface area contributed by atoms with Crippen molar-refractivity contribution in [2.24, 2.45) is 5.92 Å². The van der Waals surface area contributed by atoms with E-state index in [4.69, 9.17) is 9.47 Å². The molecule has 2 aromatic rings. The molecule has 0 aromatic heterocycles. The molecule has 1 N–H and O–H groups in total. The molecule has 1 saturated heterocycles. The van der Waals surface area contributed by atoms with Crippen LogP contribution in [0.15, 0.2) is 42.5 Å². The molecular formula is C22H24F3NO4. The Morgan fingerprint density at radius 1 is 1.13 bits per heavy atom. The maximum atomic E-state index is 13.9. The SMILES string of the molecule is COc1ccc(OC)c(C(c2ccccc2C(F)(F)F)N2CCCC(C(=O)O)C2)c1. The minimum absolute atomic E-state index is 0.0580. The smallest absolute Gasteiger partial charge is 0.416 e. The standard InChI is InChI=1S/C22H24F3NO4/c1-29-15-9-10-19(30-2)17(12-15)20(26-11-5-6-14(13-26)21(27)28)16-7-3-4-8-18(16)22(23,24)25/h3-4,7-10,12,14,20H,5-6,11,13H2,1-2H3,(H,27,28). The van der Waals surface area contributed by atoms with Gasteiger partial charge in [-0.3, -0.25) is 9.69 Å². The zero-order valence-electron chi connectivity index (χ0n) is 16.8. The number of hydrogen-bond donors (Lipinski definition) is 1. The molecule has 2 atom stereocenters. The van der Waals surface area contributed by atoms with Crippen LogP contribution in [0.3, 0.4) is 0 Å². The normalized spacial score (nSPS) is 18.6. The second kappa shape index (κ2) is 8.95. The number of carboxylic acid groups (broad SMARTS) is 1. The number of carbonyl (C=O) groups is 1. The average molecular weight is 423 g/mol. The highest BCUT2D eigenvalue weighted by Gasteiger charge is 2.39. The van der Waals surface area contributed by atoms with Crippen molar-refractivity contribution in [2.75, 3.05) is 27.3 Å². The number of ether oxygens (including phenoxy) is 2. The molecule has 2 unspecified atom stereocenters. The average Bonchev–Trinajstić information content (AvgIpc) is 2.73. The van der Waals surface area contributed by atoms with Crippen LogP contribution < -0.4 is 9.47 Å².